The quantitative estimate of drug-likeness (QED) is 0.376. The number of carbonyl (C=O) groups is 1. The lowest BCUT2D eigenvalue weighted by Crippen LogP contribution is -2.18. The summed E-state index contributed by atoms with van der Waals surface area (Å²) in [6, 6.07) is 3.74. The number of phenolic OH excluding ortho intramolecular Hbond substituents is 1. The van der Waals surface area contributed by atoms with Crippen LogP contribution in [0, 0.1) is 5.92 Å². The van der Waals surface area contributed by atoms with Gasteiger partial charge in [0, 0.05) is 11.5 Å². The van der Waals surface area contributed by atoms with E-state index in [0.717, 1.165) is 49.7 Å². The van der Waals surface area contributed by atoms with Crippen molar-refractivity contribution in [1.82, 2.24) is 0 Å². The van der Waals surface area contributed by atoms with E-state index in [4.69, 9.17) is 4.74 Å². The van der Waals surface area contributed by atoms with Gasteiger partial charge in [0.15, 0.2) is 0 Å². The molecule has 1 N–H and O–H groups in total. The number of hydrogen-bond acceptors (Lipinski definition) is 3. The van der Waals surface area contributed by atoms with Crippen molar-refractivity contribution < 1.29 is 14.6 Å². The van der Waals surface area contributed by atoms with Crippen LogP contribution >= 0.6 is 0 Å². The van der Waals surface area contributed by atoms with Gasteiger partial charge < -0.3 is 9.84 Å². The van der Waals surface area contributed by atoms with Crippen molar-refractivity contribution in [2.24, 2.45) is 5.92 Å². The van der Waals surface area contributed by atoms with E-state index in [9.17, 15) is 9.90 Å². The summed E-state index contributed by atoms with van der Waals surface area (Å²) in [5, 5.41) is 10.7. The van der Waals surface area contributed by atoms with E-state index in [1.54, 1.807) is 0 Å². The van der Waals surface area contributed by atoms with E-state index < -0.39 is 0 Å². The summed E-state index contributed by atoms with van der Waals surface area (Å²) in [5.41, 5.74) is 4.11. The Kier molecular flexibility index (Phi) is 6.86. The summed E-state index contributed by atoms with van der Waals surface area (Å²) in [5.74, 6) is 0.928. The van der Waals surface area contributed by atoms with Gasteiger partial charge in [-0.1, -0.05) is 43.6 Å². The zero-order valence-corrected chi connectivity index (χ0v) is 15.7. The summed E-state index contributed by atoms with van der Waals surface area (Å²) >= 11 is 0. The molecule has 0 aromatic heterocycles. The fourth-order valence-corrected chi connectivity index (χ4v) is 3.78. The van der Waals surface area contributed by atoms with Gasteiger partial charge >= 0.3 is 0 Å². The molecule has 0 amide bonds. The molecule has 0 fully saturated rings. The maximum atomic E-state index is 11.0. The average molecular weight is 342 g/mol. The molecule has 3 nitrogen and oxygen atoms in total. The van der Waals surface area contributed by atoms with Crippen molar-refractivity contribution in [2.75, 3.05) is 0 Å². The van der Waals surface area contributed by atoms with Gasteiger partial charge in [-0.25, -0.2) is 0 Å². The number of unbranched alkanes of at least 4 members (excludes halogenated alkanes) is 2. The number of aromatic hydroxyl groups is 1. The van der Waals surface area contributed by atoms with Crippen LogP contribution in [0.3, 0.4) is 0 Å². The van der Waals surface area contributed by atoms with Gasteiger partial charge in [0.05, 0.1) is 0 Å². The molecular formula is C22H30O3. The maximum absolute atomic E-state index is 11.0. The lowest BCUT2D eigenvalue weighted by atomic mass is 9.73. The molecule has 0 spiro atoms. The topological polar surface area (TPSA) is 46.5 Å². The van der Waals surface area contributed by atoms with E-state index in [1.165, 1.54) is 5.57 Å². The van der Waals surface area contributed by atoms with Crippen LogP contribution in [0.1, 0.15) is 69.9 Å². The Morgan fingerprint density at radius 3 is 2.80 bits per heavy atom. The van der Waals surface area contributed by atoms with Gasteiger partial charge in [-0.15, -0.1) is 0 Å². The molecule has 0 heterocycles. The van der Waals surface area contributed by atoms with Gasteiger partial charge in [0.25, 0.3) is 6.47 Å². The third kappa shape index (κ3) is 4.75. The number of aryl methyl sites for hydroxylation is 1. The van der Waals surface area contributed by atoms with E-state index in [2.05, 4.69) is 26.5 Å². The van der Waals surface area contributed by atoms with E-state index in [1.807, 2.05) is 19.1 Å². The zero-order valence-electron chi connectivity index (χ0n) is 15.7. The molecule has 1 aromatic carbocycles. The fraction of sp³-hybridized carbons (Fsp3) is 0.500. The maximum Gasteiger partial charge on any atom is 0.298 e. The molecule has 1 aliphatic carbocycles. The first-order valence-corrected chi connectivity index (χ1v) is 9.26. The van der Waals surface area contributed by atoms with Crippen molar-refractivity contribution in [1.29, 1.82) is 0 Å². The third-order valence-corrected chi connectivity index (χ3v) is 5.14. The highest BCUT2D eigenvalue weighted by Crippen LogP contribution is 2.46. The Morgan fingerprint density at radius 1 is 1.40 bits per heavy atom. The number of carbonyl (C=O) groups excluding carboxylic acids is 1. The minimum absolute atomic E-state index is 0.00843. The molecule has 0 saturated heterocycles. The van der Waals surface area contributed by atoms with E-state index in [0.29, 0.717) is 17.8 Å². The van der Waals surface area contributed by atoms with Crippen LogP contribution < -0.4 is 4.74 Å². The van der Waals surface area contributed by atoms with Crippen LogP contribution in [0.4, 0.5) is 0 Å². The predicted octanol–water partition coefficient (Wildman–Crippen LogP) is 5.68. The lowest BCUT2D eigenvalue weighted by Gasteiger charge is -2.31. The van der Waals surface area contributed by atoms with Gasteiger partial charge in [-0.05, 0) is 63.1 Å². The Bertz CT molecular complexity index is 657. The summed E-state index contributed by atoms with van der Waals surface area (Å²) in [6.07, 6.45) is 8.45. The van der Waals surface area contributed by atoms with Crippen molar-refractivity contribution >= 4 is 6.47 Å². The van der Waals surface area contributed by atoms with Crippen molar-refractivity contribution in [3.05, 3.63) is 47.1 Å². The Labute approximate surface area is 151 Å². The summed E-state index contributed by atoms with van der Waals surface area (Å²) < 4.78 is 5.28. The minimum atomic E-state index is -0.00843. The molecule has 3 heteroatoms. The molecule has 0 bridgehead atoms. The number of hydrogen-bond donors (Lipinski definition) is 1. The second-order valence-corrected chi connectivity index (χ2v) is 7.23. The monoisotopic (exact) mass is 342 g/mol. The number of phenols is 1. The highest BCUT2D eigenvalue weighted by atomic mass is 16.5. The molecule has 0 aliphatic heterocycles. The van der Waals surface area contributed by atoms with Crippen molar-refractivity contribution in [2.45, 2.75) is 65.2 Å². The molecule has 1 aromatic rings. The normalized spacial score (nSPS) is 20.0. The van der Waals surface area contributed by atoms with Crippen molar-refractivity contribution in [3.63, 3.8) is 0 Å². The first-order chi connectivity index (χ1) is 12.0. The zero-order chi connectivity index (χ0) is 18.4. The first-order valence-electron chi connectivity index (χ1n) is 9.26. The minimum Gasteiger partial charge on any atom is -0.507 e. The second kappa shape index (κ2) is 8.89. The molecule has 0 unspecified atom stereocenters. The highest BCUT2D eigenvalue weighted by Gasteiger charge is 2.30. The molecular weight excluding hydrogens is 312 g/mol. The lowest BCUT2D eigenvalue weighted by molar-refractivity contribution is -0.120. The first kappa shape index (κ1) is 19.3. The van der Waals surface area contributed by atoms with Gasteiger partial charge in [0.1, 0.15) is 11.5 Å². The summed E-state index contributed by atoms with van der Waals surface area (Å²) in [7, 11) is 0. The molecule has 0 radical (unpaired) electrons. The Morgan fingerprint density at radius 2 is 2.16 bits per heavy atom. The standard InChI is InChI=1S/C22H30O3/c1-5-6-7-8-17-12-20(24)22(21(13-17)25-14-23)19-11-16(4)9-10-18(19)15(2)3/h11-14,18-19,24H,2,5-10H2,1,3-4H3/t18-,19+/m0/s1. The summed E-state index contributed by atoms with van der Waals surface area (Å²) in [6.45, 7) is 10.9. The predicted molar refractivity (Wildman–Crippen MR) is 102 cm³/mol. The van der Waals surface area contributed by atoms with Crippen LogP contribution in [0.5, 0.6) is 11.5 Å². The highest BCUT2D eigenvalue weighted by molar-refractivity contribution is 5.57. The van der Waals surface area contributed by atoms with Crippen LogP contribution in [0.25, 0.3) is 0 Å². The van der Waals surface area contributed by atoms with Gasteiger partial charge in [-0.2, -0.15) is 0 Å². The van der Waals surface area contributed by atoms with Crippen molar-refractivity contribution in [3.8, 4) is 11.5 Å². The molecule has 2 rings (SSSR count). The molecule has 0 saturated carbocycles. The third-order valence-electron chi connectivity index (χ3n) is 5.14. The fourth-order valence-electron chi connectivity index (χ4n) is 3.78. The summed E-state index contributed by atoms with van der Waals surface area (Å²) in [4.78, 5) is 11.0. The van der Waals surface area contributed by atoms with Crippen LogP contribution in [0.2, 0.25) is 0 Å². The van der Waals surface area contributed by atoms with Gasteiger partial charge in [0.2, 0.25) is 0 Å². The number of benzene rings is 1. The number of rotatable bonds is 8. The number of allylic oxidation sites excluding steroid dienone is 3. The van der Waals surface area contributed by atoms with E-state index >= 15 is 0 Å². The van der Waals surface area contributed by atoms with Crippen LogP contribution in [-0.4, -0.2) is 11.6 Å². The number of ether oxygens (including phenoxy) is 1. The Balaban J connectivity index is 2.45. The smallest absolute Gasteiger partial charge is 0.298 e. The molecule has 1 aliphatic rings. The second-order valence-electron chi connectivity index (χ2n) is 7.23. The van der Waals surface area contributed by atoms with E-state index in [-0.39, 0.29) is 17.6 Å². The largest absolute Gasteiger partial charge is 0.507 e. The average Bonchev–Trinajstić information content (AvgIpc) is 2.55. The Hall–Kier alpha value is -2.03. The SMILES string of the molecule is C=C(C)[C@@H]1CCC(C)=C[C@H]1c1c(O)cc(CCCCC)cc1OC=O. The van der Waals surface area contributed by atoms with Gasteiger partial charge in [-0.3, -0.25) is 4.79 Å². The molecule has 25 heavy (non-hydrogen) atoms. The molecule has 136 valence electrons. The molecule has 2 atom stereocenters. The van der Waals surface area contributed by atoms with Crippen LogP contribution in [0.15, 0.2) is 35.9 Å². The van der Waals surface area contributed by atoms with Crippen LogP contribution in [-0.2, 0) is 11.2 Å².